The Morgan fingerprint density at radius 2 is 1.61 bits per heavy atom. The summed E-state index contributed by atoms with van der Waals surface area (Å²) in [4.78, 5) is 15.0. The van der Waals surface area contributed by atoms with Crippen LogP contribution < -0.4 is 14.9 Å². The van der Waals surface area contributed by atoms with Crippen LogP contribution in [0.4, 0.5) is 11.4 Å². The predicted molar refractivity (Wildman–Crippen MR) is 133 cm³/mol. The third kappa shape index (κ3) is 6.13. The van der Waals surface area contributed by atoms with Gasteiger partial charge in [0.2, 0.25) is 15.9 Å². The number of hydrogen-bond acceptors (Lipinski definition) is 5. The zero-order valence-electron chi connectivity index (χ0n) is 20.2. The van der Waals surface area contributed by atoms with Gasteiger partial charge in [-0.15, -0.1) is 0 Å². The van der Waals surface area contributed by atoms with Gasteiger partial charge in [-0.1, -0.05) is 6.07 Å². The molecule has 180 valence electrons. The Morgan fingerprint density at radius 1 is 1.03 bits per heavy atom. The summed E-state index contributed by atoms with van der Waals surface area (Å²) < 4.78 is 33.8. The SMILES string of the molecule is COC1CCN(c2ccc(NC(=O)CCNS(=O)(=O)c3c(C)c(C)cc(C)c3C)cc2)CC1. The van der Waals surface area contributed by atoms with Crippen LogP contribution in [0.2, 0.25) is 0 Å². The van der Waals surface area contributed by atoms with Gasteiger partial charge in [-0.3, -0.25) is 4.79 Å². The van der Waals surface area contributed by atoms with Gasteiger partial charge < -0.3 is 15.0 Å². The van der Waals surface area contributed by atoms with Crippen LogP contribution in [0.3, 0.4) is 0 Å². The molecular formula is C25H35N3O4S. The molecule has 2 N–H and O–H groups in total. The highest BCUT2D eigenvalue weighted by atomic mass is 32.2. The summed E-state index contributed by atoms with van der Waals surface area (Å²) in [5, 5.41) is 2.84. The second-order valence-corrected chi connectivity index (χ2v) is 10.5. The number of ether oxygens (including phenoxy) is 1. The number of aryl methyl sites for hydroxylation is 2. The number of anilines is 2. The van der Waals surface area contributed by atoms with Crippen molar-refractivity contribution in [3.8, 4) is 0 Å². The van der Waals surface area contributed by atoms with Crippen molar-refractivity contribution in [2.75, 3.05) is 37.0 Å². The first-order valence-corrected chi connectivity index (χ1v) is 12.9. The first-order chi connectivity index (χ1) is 15.6. The number of rotatable bonds is 8. The van der Waals surface area contributed by atoms with Gasteiger partial charge in [-0.25, -0.2) is 13.1 Å². The fourth-order valence-corrected chi connectivity index (χ4v) is 5.93. The number of sulfonamides is 1. The Morgan fingerprint density at radius 3 is 2.15 bits per heavy atom. The summed E-state index contributed by atoms with van der Waals surface area (Å²) in [5.74, 6) is -0.236. The second kappa shape index (κ2) is 10.7. The van der Waals surface area contributed by atoms with Crippen molar-refractivity contribution in [3.63, 3.8) is 0 Å². The summed E-state index contributed by atoms with van der Waals surface area (Å²) in [6.45, 7) is 9.36. The maximum Gasteiger partial charge on any atom is 0.241 e. The largest absolute Gasteiger partial charge is 0.381 e. The molecule has 8 heteroatoms. The third-order valence-electron chi connectivity index (χ3n) is 6.50. The minimum atomic E-state index is -3.70. The van der Waals surface area contributed by atoms with Crippen molar-refractivity contribution in [2.45, 2.75) is 58.0 Å². The second-order valence-electron chi connectivity index (χ2n) is 8.75. The van der Waals surface area contributed by atoms with Gasteiger partial charge in [-0.05, 0) is 87.1 Å². The van der Waals surface area contributed by atoms with E-state index in [9.17, 15) is 13.2 Å². The molecule has 0 aromatic heterocycles. The number of carbonyl (C=O) groups excluding carboxylic acids is 1. The van der Waals surface area contributed by atoms with E-state index in [1.807, 2.05) is 58.0 Å². The number of hydrogen-bond donors (Lipinski definition) is 2. The van der Waals surface area contributed by atoms with Crippen LogP contribution in [0.1, 0.15) is 41.5 Å². The molecule has 7 nitrogen and oxygen atoms in total. The summed E-state index contributed by atoms with van der Waals surface area (Å²) in [5.41, 5.74) is 5.16. The summed E-state index contributed by atoms with van der Waals surface area (Å²) in [6, 6.07) is 9.74. The van der Waals surface area contributed by atoms with E-state index in [2.05, 4.69) is 14.9 Å². The highest BCUT2D eigenvalue weighted by Gasteiger charge is 2.22. The molecular weight excluding hydrogens is 438 g/mol. The molecule has 1 heterocycles. The number of methoxy groups -OCH3 is 1. The van der Waals surface area contributed by atoms with E-state index in [-0.39, 0.29) is 18.9 Å². The zero-order valence-corrected chi connectivity index (χ0v) is 21.0. The molecule has 0 bridgehead atoms. The van der Waals surface area contributed by atoms with Crippen molar-refractivity contribution < 1.29 is 17.9 Å². The maximum absolute atomic E-state index is 12.9. The number of benzene rings is 2. The van der Waals surface area contributed by atoms with Crippen LogP contribution in [0.5, 0.6) is 0 Å². The number of amides is 1. The van der Waals surface area contributed by atoms with Crippen LogP contribution in [-0.4, -0.2) is 47.2 Å². The molecule has 0 atom stereocenters. The normalized spacial score (nSPS) is 15.0. The number of piperidine rings is 1. The molecule has 0 aliphatic carbocycles. The van der Waals surface area contributed by atoms with Crippen LogP contribution >= 0.6 is 0 Å². The van der Waals surface area contributed by atoms with Gasteiger partial charge in [0.1, 0.15) is 0 Å². The minimum absolute atomic E-state index is 0.0343. The predicted octanol–water partition coefficient (Wildman–Crippen LogP) is 3.84. The summed E-state index contributed by atoms with van der Waals surface area (Å²) in [7, 11) is -1.95. The average molecular weight is 474 g/mol. The molecule has 0 spiro atoms. The summed E-state index contributed by atoms with van der Waals surface area (Å²) >= 11 is 0. The molecule has 1 saturated heterocycles. The fourth-order valence-electron chi connectivity index (χ4n) is 4.28. The molecule has 1 aliphatic rings. The van der Waals surface area contributed by atoms with Gasteiger partial charge in [-0.2, -0.15) is 0 Å². The first-order valence-electron chi connectivity index (χ1n) is 11.4. The molecule has 2 aromatic rings. The van der Waals surface area contributed by atoms with Crippen molar-refractivity contribution >= 4 is 27.3 Å². The number of carbonyl (C=O) groups is 1. The van der Waals surface area contributed by atoms with Crippen molar-refractivity contribution in [3.05, 3.63) is 52.6 Å². The first kappa shape index (κ1) is 25.2. The maximum atomic E-state index is 12.9. The number of nitrogens with one attached hydrogen (secondary N) is 2. The van der Waals surface area contributed by atoms with Gasteiger partial charge in [0, 0.05) is 44.5 Å². The van der Waals surface area contributed by atoms with E-state index in [1.54, 1.807) is 7.11 Å². The monoisotopic (exact) mass is 473 g/mol. The Labute approximate surface area is 197 Å². The van der Waals surface area contributed by atoms with Gasteiger partial charge >= 0.3 is 0 Å². The van der Waals surface area contributed by atoms with Crippen LogP contribution in [0.15, 0.2) is 35.2 Å². The molecule has 33 heavy (non-hydrogen) atoms. The summed E-state index contributed by atoms with van der Waals surface area (Å²) in [6.07, 6.45) is 2.40. The van der Waals surface area contributed by atoms with Crippen molar-refractivity contribution in [1.29, 1.82) is 0 Å². The molecule has 1 amide bonds. The van der Waals surface area contributed by atoms with Crippen molar-refractivity contribution in [2.24, 2.45) is 0 Å². The van der Waals surface area contributed by atoms with Crippen LogP contribution in [0, 0.1) is 27.7 Å². The van der Waals surface area contributed by atoms with E-state index in [0.29, 0.717) is 16.7 Å². The lowest BCUT2D eigenvalue weighted by molar-refractivity contribution is -0.116. The molecule has 2 aromatic carbocycles. The van der Waals surface area contributed by atoms with E-state index < -0.39 is 10.0 Å². The third-order valence-corrected chi connectivity index (χ3v) is 8.24. The van der Waals surface area contributed by atoms with Gasteiger partial charge in [0.05, 0.1) is 11.0 Å². The Bertz CT molecular complexity index is 1060. The molecule has 1 aliphatic heterocycles. The highest BCUT2D eigenvalue weighted by molar-refractivity contribution is 7.89. The number of nitrogens with zero attached hydrogens (tertiary/aromatic N) is 1. The van der Waals surface area contributed by atoms with Crippen molar-refractivity contribution in [1.82, 2.24) is 4.72 Å². The van der Waals surface area contributed by atoms with E-state index >= 15 is 0 Å². The van der Waals surface area contributed by atoms with Gasteiger partial charge in [0.25, 0.3) is 0 Å². The fraction of sp³-hybridized carbons (Fsp3) is 0.480. The smallest absolute Gasteiger partial charge is 0.241 e. The van der Waals surface area contributed by atoms with E-state index in [0.717, 1.165) is 53.9 Å². The lowest BCUT2D eigenvalue weighted by Crippen LogP contribution is -2.36. The minimum Gasteiger partial charge on any atom is -0.381 e. The zero-order chi connectivity index (χ0) is 24.2. The van der Waals surface area contributed by atoms with Gasteiger partial charge in [0.15, 0.2) is 0 Å². The van der Waals surface area contributed by atoms with Crippen LogP contribution in [-0.2, 0) is 19.6 Å². The average Bonchev–Trinajstić information content (AvgIpc) is 2.78. The quantitative estimate of drug-likeness (QED) is 0.608. The van der Waals surface area contributed by atoms with E-state index in [1.165, 1.54) is 0 Å². The molecule has 1 fully saturated rings. The van der Waals surface area contributed by atoms with Crippen LogP contribution in [0.25, 0.3) is 0 Å². The lowest BCUT2D eigenvalue weighted by Gasteiger charge is -2.33. The molecule has 0 unspecified atom stereocenters. The standard InChI is InChI=1S/C25H35N3O4S/c1-17-16-18(2)20(4)25(19(17)3)33(30,31)26-13-10-24(29)27-21-6-8-22(9-7-21)28-14-11-23(32-5)12-15-28/h6-9,16,23,26H,10-15H2,1-5H3,(H,27,29). The Balaban J connectivity index is 1.53. The molecule has 3 rings (SSSR count). The topological polar surface area (TPSA) is 87.7 Å². The lowest BCUT2D eigenvalue weighted by atomic mass is 10.0. The van der Waals surface area contributed by atoms with E-state index in [4.69, 9.17) is 4.74 Å². The molecule has 0 radical (unpaired) electrons. The Kier molecular flexibility index (Phi) is 8.15. The molecule has 0 saturated carbocycles. The highest BCUT2D eigenvalue weighted by Crippen LogP contribution is 2.26. The Hall–Kier alpha value is -2.42.